The largest absolute Gasteiger partial charge is 0.368 e. The average Bonchev–Trinajstić information content (AvgIpc) is 3.47. The predicted molar refractivity (Wildman–Crippen MR) is 187 cm³/mol. The van der Waals surface area contributed by atoms with Crippen LogP contribution in [0.3, 0.4) is 0 Å². The molecule has 12 heteroatoms. The second kappa shape index (κ2) is 13.9. The molecule has 4 N–H and O–H groups in total. The van der Waals surface area contributed by atoms with Crippen molar-refractivity contribution < 1.29 is 17.6 Å². The molecule has 6 rings (SSSR count). The summed E-state index contributed by atoms with van der Waals surface area (Å²) in [4.78, 5) is 20.9. The molecule has 49 heavy (non-hydrogen) atoms. The molecule has 0 radical (unpaired) electrons. The van der Waals surface area contributed by atoms with Crippen molar-refractivity contribution in [2.45, 2.75) is 39.0 Å². The van der Waals surface area contributed by atoms with Gasteiger partial charge >= 0.3 is 0 Å². The number of halogens is 4. The number of nitrogens with one attached hydrogen (secondary N) is 2. The van der Waals surface area contributed by atoms with Crippen LogP contribution in [0.2, 0.25) is 0 Å². The van der Waals surface area contributed by atoms with Crippen LogP contribution in [-0.4, -0.2) is 54.0 Å². The van der Waals surface area contributed by atoms with Crippen molar-refractivity contribution in [3.63, 3.8) is 0 Å². The lowest BCUT2D eigenvalue weighted by Crippen LogP contribution is -2.46. The zero-order chi connectivity index (χ0) is 34.8. The predicted octanol–water partition coefficient (Wildman–Crippen LogP) is 7.19. The van der Waals surface area contributed by atoms with E-state index in [1.54, 1.807) is 6.07 Å². The van der Waals surface area contributed by atoms with Crippen molar-refractivity contribution >= 4 is 28.7 Å². The summed E-state index contributed by atoms with van der Waals surface area (Å²) in [5, 5.41) is 0. The molecule has 0 bridgehead atoms. The van der Waals surface area contributed by atoms with Crippen LogP contribution < -0.4 is 21.1 Å². The summed E-state index contributed by atoms with van der Waals surface area (Å²) < 4.78 is 59.7. The van der Waals surface area contributed by atoms with Gasteiger partial charge in [-0.15, -0.1) is 0 Å². The number of H-pyrrole nitrogens is 1. The lowest BCUT2D eigenvalue weighted by atomic mass is 9.89. The van der Waals surface area contributed by atoms with Crippen LogP contribution in [0.1, 0.15) is 43.8 Å². The summed E-state index contributed by atoms with van der Waals surface area (Å²) in [6.45, 7) is 9.55. The van der Waals surface area contributed by atoms with E-state index in [1.165, 1.54) is 18.0 Å². The van der Waals surface area contributed by atoms with Crippen LogP contribution in [0.5, 0.6) is 0 Å². The first-order chi connectivity index (χ1) is 23.4. The zero-order valence-corrected chi connectivity index (χ0v) is 27.7. The summed E-state index contributed by atoms with van der Waals surface area (Å²) in [6, 6.07) is 19.7. The third-order valence-electron chi connectivity index (χ3n) is 8.76. The van der Waals surface area contributed by atoms with Crippen molar-refractivity contribution in [3.05, 3.63) is 108 Å². The van der Waals surface area contributed by atoms with Gasteiger partial charge in [0.25, 0.3) is 5.92 Å². The molecule has 8 nitrogen and oxygen atoms in total. The molecule has 5 aromatic rings. The Hall–Kier alpha value is -4.97. The van der Waals surface area contributed by atoms with E-state index >= 15 is 8.78 Å². The van der Waals surface area contributed by atoms with Gasteiger partial charge < -0.3 is 20.2 Å². The number of pyridine rings is 1. The van der Waals surface area contributed by atoms with Crippen molar-refractivity contribution in [3.8, 4) is 11.1 Å². The molecule has 3 aromatic carbocycles. The minimum absolute atomic E-state index is 0.156. The van der Waals surface area contributed by atoms with Crippen LogP contribution in [0.15, 0.2) is 84.0 Å². The van der Waals surface area contributed by atoms with E-state index in [2.05, 4.69) is 69.2 Å². The number of nitrogens with two attached hydrogens (primary N) is 1. The summed E-state index contributed by atoms with van der Waals surface area (Å²) in [5.74, 6) is -1.12. The average molecular weight is 673 g/mol. The zero-order valence-electron chi connectivity index (χ0n) is 27.7. The molecule has 0 spiro atoms. The minimum atomic E-state index is -3.62. The molecule has 1 fully saturated rings. The summed E-state index contributed by atoms with van der Waals surface area (Å²) in [5.41, 5.74) is 7.15. The quantitative estimate of drug-likeness (QED) is 0.0478. The third-order valence-corrected chi connectivity index (χ3v) is 8.76. The Morgan fingerprint density at radius 2 is 1.57 bits per heavy atom. The molecule has 0 saturated carbocycles. The molecule has 1 saturated heterocycles. The number of hydrogen-bond acceptors (Lipinski definition) is 6. The number of imidazole rings is 1. The minimum Gasteiger partial charge on any atom is -0.368 e. The Morgan fingerprint density at radius 1 is 0.898 bits per heavy atom. The van der Waals surface area contributed by atoms with Gasteiger partial charge in [0, 0.05) is 61.8 Å². The van der Waals surface area contributed by atoms with Gasteiger partial charge in [0.15, 0.2) is 0 Å². The molecule has 0 amide bonds. The smallest absolute Gasteiger partial charge is 0.298 e. The molecule has 1 atom stereocenters. The number of hydrazine groups is 1. The van der Waals surface area contributed by atoms with Gasteiger partial charge in [-0.25, -0.2) is 19.6 Å². The number of hydrogen-bond donors (Lipinski definition) is 3. The van der Waals surface area contributed by atoms with E-state index < -0.39 is 35.7 Å². The fraction of sp³-hybridized carbons (Fsp3) is 0.324. The van der Waals surface area contributed by atoms with Crippen LogP contribution in [0.4, 0.5) is 28.9 Å². The summed E-state index contributed by atoms with van der Waals surface area (Å²) >= 11 is 0. The maximum absolute atomic E-state index is 15.8. The molecule has 1 aliphatic rings. The summed E-state index contributed by atoms with van der Waals surface area (Å²) in [6.07, 6.45) is 3.30. The Bertz CT molecular complexity index is 1910. The molecule has 0 aliphatic carbocycles. The van der Waals surface area contributed by atoms with Crippen molar-refractivity contribution in [1.82, 2.24) is 20.4 Å². The van der Waals surface area contributed by atoms with Gasteiger partial charge in [-0.3, -0.25) is 9.98 Å². The highest BCUT2D eigenvalue weighted by molar-refractivity contribution is 5.80. The Kier molecular flexibility index (Phi) is 9.60. The Morgan fingerprint density at radius 3 is 2.20 bits per heavy atom. The maximum atomic E-state index is 15.8. The molecule has 0 unspecified atom stereocenters. The molecule has 3 heterocycles. The maximum Gasteiger partial charge on any atom is 0.298 e. The first kappa shape index (κ1) is 33.9. The van der Waals surface area contributed by atoms with Crippen LogP contribution >= 0.6 is 0 Å². The van der Waals surface area contributed by atoms with Gasteiger partial charge in [0.05, 0.1) is 29.8 Å². The Labute approximate surface area is 283 Å². The highest BCUT2D eigenvalue weighted by Gasteiger charge is 2.44. The van der Waals surface area contributed by atoms with Crippen molar-refractivity contribution in [2.75, 3.05) is 42.5 Å². The number of benzene rings is 3. The second-order valence-corrected chi connectivity index (χ2v) is 13.6. The standard InChI is InChI=1S/C37H40F4N8/c1-36(2,3)20-35-46-32-12-10-28(19-33(32)47-35)49-16-14-48(15-17-49)27-8-4-24(5-9-27)25-6-13-34(44-21-25)37(40,41)30(22-43-23-45-42)29-11-7-26(38)18-31(29)39/h4-13,18-19,21,23,30H,14-17,20,22,42H2,1-3H3,(H,43,45)(H,46,47)/t30-/m1/s1. The SMILES string of the molecule is CC(C)(C)Cc1nc2ccc(N3CCN(c4ccc(-c5ccc(C(F)(F)[C@H](CN=CNN)c6ccc(F)cc6F)nc5)cc4)CC3)cc2[nH]1. The molecule has 2 aromatic heterocycles. The monoisotopic (exact) mass is 672 g/mol. The molecule has 1 aliphatic heterocycles. The van der Waals surface area contributed by atoms with E-state index in [0.717, 1.165) is 79.2 Å². The number of rotatable bonds is 10. The van der Waals surface area contributed by atoms with Gasteiger partial charge in [0.1, 0.15) is 23.2 Å². The van der Waals surface area contributed by atoms with E-state index in [1.807, 2.05) is 24.3 Å². The van der Waals surface area contributed by atoms with Crippen LogP contribution in [0.25, 0.3) is 22.2 Å². The number of aromatic nitrogens is 3. The fourth-order valence-corrected chi connectivity index (χ4v) is 6.26. The normalized spacial score (nSPS) is 14.9. The van der Waals surface area contributed by atoms with Gasteiger partial charge in [-0.2, -0.15) is 8.78 Å². The van der Waals surface area contributed by atoms with E-state index in [4.69, 9.17) is 10.8 Å². The second-order valence-electron chi connectivity index (χ2n) is 13.6. The number of fused-ring (bicyclic) bond motifs is 1. The lowest BCUT2D eigenvalue weighted by molar-refractivity contribution is -0.0364. The van der Waals surface area contributed by atoms with E-state index in [9.17, 15) is 8.78 Å². The first-order valence-corrected chi connectivity index (χ1v) is 16.2. The number of alkyl halides is 2. The molecule has 256 valence electrons. The number of aliphatic imine (C=N–C) groups is 1. The highest BCUT2D eigenvalue weighted by atomic mass is 19.3. The summed E-state index contributed by atoms with van der Waals surface area (Å²) in [7, 11) is 0. The topological polar surface area (TPSA) is 98.5 Å². The third kappa shape index (κ3) is 7.69. The van der Waals surface area contributed by atoms with E-state index in [-0.39, 0.29) is 11.0 Å². The lowest BCUT2D eigenvalue weighted by Gasteiger charge is -2.37. The van der Waals surface area contributed by atoms with Crippen LogP contribution in [0, 0.1) is 17.0 Å². The first-order valence-electron chi connectivity index (χ1n) is 16.2. The highest BCUT2D eigenvalue weighted by Crippen LogP contribution is 2.43. The van der Waals surface area contributed by atoms with Gasteiger partial charge in [-0.1, -0.05) is 45.0 Å². The number of aromatic amines is 1. The van der Waals surface area contributed by atoms with Gasteiger partial charge in [-0.05, 0) is 59.0 Å². The van der Waals surface area contributed by atoms with Gasteiger partial charge in [0.2, 0.25) is 0 Å². The van der Waals surface area contributed by atoms with Crippen LogP contribution in [-0.2, 0) is 12.3 Å². The number of piperazine rings is 1. The molecular weight excluding hydrogens is 632 g/mol. The molecular formula is C37H40F4N8. The fourth-order valence-electron chi connectivity index (χ4n) is 6.26. The number of nitrogens with zero attached hydrogens (tertiary/aromatic N) is 5. The van der Waals surface area contributed by atoms with Crippen molar-refractivity contribution in [1.29, 1.82) is 0 Å². The van der Waals surface area contributed by atoms with Crippen molar-refractivity contribution in [2.24, 2.45) is 16.3 Å². The van der Waals surface area contributed by atoms with E-state index in [0.29, 0.717) is 11.6 Å². The number of anilines is 2. The Balaban J connectivity index is 1.11.